The Labute approximate surface area is 647 Å². The minimum Gasteiger partial charge on any atom is -0.390 e. The molecule has 8 aromatic rings. The highest BCUT2D eigenvalue weighted by molar-refractivity contribution is 6.36. The van der Waals surface area contributed by atoms with E-state index in [1.165, 1.54) is 24.0 Å². The van der Waals surface area contributed by atoms with Gasteiger partial charge in [0.1, 0.15) is 0 Å². The molecule has 1 saturated heterocycles. The molecular weight excluding hydrogens is 1480 g/mol. The van der Waals surface area contributed by atoms with Crippen LogP contribution in [0.5, 0.6) is 0 Å². The van der Waals surface area contributed by atoms with Crippen LogP contribution in [0.3, 0.4) is 0 Å². The summed E-state index contributed by atoms with van der Waals surface area (Å²) in [6.45, 7) is 6.99. The van der Waals surface area contributed by atoms with Gasteiger partial charge in [-0.1, -0.05) is 80.4 Å². The van der Waals surface area contributed by atoms with Gasteiger partial charge in [0, 0.05) is 149 Å². The lowest BCUT2D eigenvalue weighted by molar-refractivity contribution is -0.136. The number of pyridine rings is 4. The Bertz CT molecular complexity index is 4520. The summed E-state index contributed by atoms with van der Waals surface area (Å²) < 4.78 is 123. The number of nitrogens with zero attached hydrogens (tertiary/aromatic N) is 4. The molecule has 14 rings (SSSR count). The lowest BCUT2D eigenvalue weighted by atomic mass is 9.76. The van der Waals surface area contributed by atoms with Crippen LogP contribution in [0.15, 0.2) is 104 Å². The molecule has 5 atom stereocenters. The number of hydrogen-bond donors (Lipinski definition) is 2. The van der Waals surface area contributed by atoms with Crippen LogP contribution in [0, 0.1) is 23.7 Å². The van der Waals surface area contributed by atoms with E-state index in [0.717, 1.165) is 91.3 Å². The number of carbonyl (C=O) groups excluding carboxylic acids is 4. The molecule has 2 N–H and O–H groups in total. The van der Waals surface area contributed by atoms with Gasteiger partial charge in [0.25, 0.3) is 0 Å². The van der Waals surface area contributed by atoms with Crippen molar-refractivity contribution in [3.63, 3.8) is 0 Å². The van der Waals surface area contributed by atoms with Gasteiger partial charge in [0.15, 0.2) is 23.1 Å². The highest BCUT2D eigenvalue weighted by Gasteiger charge is 2.40. The largest absolute Gasteiger partial charge is 0.418 e. The number of methoxy groups -OCH3 is 2. The average Bonchev–Trinajstić information content (AvgIpc) is 1.64. The van der Waals surface area contributed by atoms with E-state index in [0.29, 0.717) is 171 Å². The van der Waals surface area contributed by atoms with Crippen molar-refractivity contribution < 1.29 is 79.1 Å². The SMILES string of the molecule is COCCc1cc(C(=O)CC[C@@]2(O)CCC[C@@H](C)C2)c2c(C(F)(F)F)cccn12.COCCc1cc(C(=O)CC[C@]2(O)CCC[C@H](C)C2)c2c(Cl)cccn12.O=C(CCC1CCC(F)(F)CC1)c1cc(C2=CCOC2)n2cccc(Cl)c12.O=C(CCC1CCC(F)(F)CC1)c1cc(C2CCCO2)n2cccc(Cl)c12. The van der Waals surface area contributed by atoms with Gasteiger partial charge in [0.2, 0.25) is 11.8 Å². The first-order valence-electron chi connectivity index (χ1n) is 38.7. The molecular formula is C85H102Cl3F7N4O10. The number of Topliss-reactive ketones (excluding diaryl/α,β-unsaturated/α-hetero) is 4. The van der Waals surface area contributed by atoms with Gasteiger partial charge in [-0.25, -0.2) is 17.6 Å². The van der Waals surface area contributed by atoms with Crippen molar-refractivity contribution in [3.8, 4) is 0 Å². The molecule has 0 radical (unpaired) electrons. The summed E-state index contributed by atoms with van der Waals surface area (Å²) in [5, 5.41) is 23.3. The maximum atomic E-state index is 13.6. The molecule has 0 aromatic carbocycles. The molecule has 0 bridgehead atoms. The van der Waals surface area contributed by atoms with Gasteiger partial charge in [-0.2, -0.15) is 13.2 Å². The summed E-state index contributed by atoms with van der Waals surface area (Å²) in [6.07, 6.45) is 19.7. The quantitative estimate of drug-likeness (QED) is 0.0440. The second kappa shape index (κ2) is 36.6. The third-order valence-corrected chi connectivity index (χ3v) is 24.0. The number of carbonyl (C=O) groups is 4. The van der Waals surface area contributed by atoms with Crippen LogP contribution in [0.2, 0.25) is 15.1 Å². The van der Waals surface area contributed by atoms with Crippen LogP contribution >= 0.6 is 34.8 Å². The van der Waals surface area contributed by atoms with Gasteiger partial charge >= 0.3 is 6.18 Å². The highest BCUT2D eigenvalue weighted by Crippen LogP contribution is 2.44. The number of ketones is 4. The van der Waals surface area contributed by atoms with Crippen molar-refractivity contribution in [1.82, 2.24) is 17.6 Å². The van der Waals surface area contributed by atoms with E-state index in [-0.39, 0.29) is 90.7 Å². The van der Waals surface area contributed by atoms with E-state index in [1.54, 1.807) is 31.5 Å². The second-order valence-corrected chi connectivity index (χ2v) is 32.6. The van der Waals surface area contributed by atoms with Crippen molar-refractivity contribution >= 4 is 85.6 Å². The van der Waals surface area contributed by atoms with E-state index in [1.807, 2.05) is 80.3 Å². The normalized spacial score (nSPS) is 22.4. The fraction of sp³-hybridized carbons (Fsp3) is 0.553. The molecule has 5 fully saturated rings. The molecule has 109 heavy (non-hydrogen) atoms. The molecule has 2 aliphatic heterocycles. The second-order valence-electron chi connectivity index (χ2n) is 31.3. The van der Waals surface area contributed by atoms with Gasteiger partial charge in [-0.05, 0) is 186 Å². The molecule has 6 aliphatic rings. The molecule has 8 aromatic heterocycles. The Hall–Kier alpha value is -6.40. The van der Waals surface area contributed by atoms with Crippen molar-refractivity contribution in [2.75, 3.05) is 47.3 Å². The van der Waals surface area contributed by atoms with E-state index in [4.69, 9.17) is 53.8 Å². The van der Waals surface area contributed by atoms with E-state index < -0.39 is 34.8 Å². The number of ether oxygens (including phenoxy) is 4. The standard InChI is InChI=1S/C22H28F3NO3.C21H24ClF2NO2.C21H22ClF2NO2.C21H28ClNO3/c1-15-5-3-9-21(28,14-15)10-7-19(27)17-13-16(8-12-29-2)26-11-4-6-18(20(17)26)22(23,24)25;22-16-3-1-11-25-17(19-4-2-12-27-19)13-15(20(16)25)18(26)6-5-14-7-9-21(23,24)10-8-14;22-17-2-1-10-25-18(15-7-11-27-13-15)12-16(20(17)25)19(26)4-3-14-5-8-21(23,24)9-6-14;1-15-5-3-9-21(25,14-15)10-7-19(24)17-13-16(8-12-26-2)23-11-4-6-18(22)20(17)23/h4,6,11,13,15,28H,3,5,7-10,12,14H2,1-2H3;1,3,11,13-14,19H,2,4-10,12H2;1-2,7,10,12,14H,3-6,8-9,11,13H2;4,6,11,13,15,25H,3,5,7-10,12,14H2,1-2H3/t15-,21+;;;15-,21+/m1..0/s1. The molecule has 4 aliphatic carbocycles. The predicted molar refractivity (Wildman–Crippen MR) is 411 cm³/mol. The summed E-state index contributed by atoms with van der Waals surface area (Å²) in [5.41, 5.74) is 6.12. The molecule has 4 saturated carbocycles. The van der Waals surface area contributed by atoms with E-state index in [9.17, 15) is 60.1 Å². The first-order chi connectivity index (χ1) is 52.0. The number of halogens is 10. The predicted octanol–water partition coefficient (Wildman–Crippen LogP) is 21.8. The van der Waals surface area contributed by atoms with Crippen LogP contribution in [0.1, 0.15) is 257 Å². The van der Waals surface area contributed by atoms with Crippen LogP contribution < -0.4 is 0 Å². The number of aromatic nitrogens is 4. The summed E-state index contributed by atoms with van der Waals surface area (Å²) in [6, 6.07) is 20.6. The first kappa shape index (κ1) is 83.5. The molecule has 0 amide bonds. The Morgan fingerprint density at radius 3 is 1.43 bits per heavy atom. The molecule has 592 valence electrons. The van der Waals surface area contributed by atoms with Crippen molar-refractivity contribution in [2.24, 2.45) is 23.7 Å². The van der Waals surface area contributed by atoms with Crippen LogP contribution in [0.4, 0.5) is 30.7 Å². The summed E-state index contributed by atoms with van der Waals surface area (Å²) >= 11 is 19.2. The Balaban J connectivity index is 0.000000144. The molecule has 0 spiro atoms. The maximum absolute atomic E-state index is 13.6. The lowest BCUT2D eigenvalue weighted by Crippen LogP contribution is -2.35. The van der Waals surface area contributed by atoms with Crippen molar-refractivity contribution in [2.45, 2.75) is 229 Å². The van der Waals surface area contributed by atoms with Gasteiger partial charge in [-0.15, -0.1) is 0 Å². The third-order valence-electron chi connectivity index (χ3n) is 23.1. The van der Waals surface area contributed by atoms with Crippen LogP contribution in [0.25, 0.3) is 27.6 Å². The third kappa shape index (κ3) is 20.9. The number of fused-ring (bicyclic) bond motifs is 4. The average molecular weight is 1580 g/mol. The summed E-state index contributed by atoms with van der Waals surface area (Å²) in [5.74, 6) is -4.02. The fourth-order valence-electron chi connectivity index (χ4n) is 17.2. The van der Waals surface area contributed by atoms with Crippen molar-refractivity contribution in [3.05, 3.63) is 169 Å². The minimum atomic E-state index is -4.56. The number of rotatable bonds is 24. The molecule has 1 unspecified atom stereocenters. The fourth-order valence-corrected chi connectivity index (χ4v) is 18.0. The molecule has 24 heteroatoms. The smallest absolute Gasteiger partial charge is 0.390 e. The summed E-state index contributed by atoms with van der Waals surface area (Å²) in [4.78, 5) is 51.8. The minimum absolute atomic E-state index is 0.0157. The van der Waals surface area contributed by atoms with Crippen molar-refractivity contribution in [1.29, 1.82) is 0 Å². The monoisotopic (exact) mass is 1580 g/mol. The summed E-state index contributed by atoms with van der Waals surface area (Å²) in [7, 11) is 3.19. The zero-order valence-electron chi connectivity index (χ0n) is 62.8. The zero-order valence-corrected chi connectivity index (χ0v) is 65.0. The van der Waals surface area contributed by atoms with Gasteiger partial charge in [-0.3, -0.25) is 19.2 Å². The van der Waals surface area contributed by atoms with Crippen LogP contribution in [-0.2, 0) is 38.0 Å². The zero-order chi connectivity index (χ0) is 78.0. The van der Waals surface area contributed by atoms with E-state index >= 15 is 0 Å². The van der Waals surface area contributed by atoms with E-state index in [2.05, 4.69) is 13.8 Å². The Morgan fingerprint density at radius 1 is 0.541 bits per heavy atom. The number of alkyl halides is 7. The highest BCUT2D eigenvalue weighted by atomic mass is 35.5. The topological polar surface area (TPSA) is 163 Å². The van der Waals surface area contributed by atoms with Gasteiger partial charge in [0.05, 0.1) is 97.8 Å². The van der Waals surface area contributed by atoms with Gasteiger partial charge < -0.3 is 46.8 Å². The van der Waals surface area contributed by atoms with Crippen LogP contribution in [-0.4, -0.2) is 121 Å². The number of hydrogen-bond acceptors (Lipinski definition) is 10. The molecule has 10 heterocycles. The Morgan fingerprint density at radius 2 is 0.972 bits per heavy atom. The number of aliphatic hydroxyl groups is 2. The molecule has 14 nitrogen and oxygen atoms in total. The maximum Gasteiger partial charge on any atom is 0.418 e. The Kier molecular flexibility index (Phi) is 28.1. The first-order valence-corrected chi connectivity index (χ1v) is 39.9. The lowest BCUT2D eigenvalue weighted by Gasteiger charge is -2.35.